The Morgan fingerprint density at radius 2 is 1.89 bits per heavy atom. The van der Waals surface area contributed by atoms with Crippen LogP contribution < -0.4 is 9.47 Å². The van der Waals surface area contributed by atoms with E-state index in [1.54, 1.807) is 19.2 Å². The summed E-state index contributed by atoms with van der Waals surface area (Å²) >= 11 is 1.50. The summed E-state index contributed by atoms with van der Waals surface area (Å²) in [6, 6.07) is 17.2. The normalized spacial score (nSPS) is 10.3. The highest BCUT2D eigenvalue weighted by molar-refractivity contribution is 7.98. The van der Waals surface area contributed by atoms with Crippen molar-refractivity contribution < 1.29 is 9.47 Å². The molecule has 0 bridgehead atoms. The van der Waals surface area contributed by atoms with Crippen LogP contribution in [0, 0.1) is 25.2 Å². The summed E-state index contributed by atoms with van der Waals surface area (Å²) in [6.07, 6.45) is 0. The third-order valence-electron chi connectivity index (χ3n) is 3.77. The Morgan fingerprint density at radius 1 is 1.04 bits per heavy atom. The first-order valence-corrected chi connectivity index (χ1v) is 9.36. The molecule has 0 fully saturated rings. The van der Waals surface area contributed by atoms with Gasteiger partial charge in [-0.25, -0.2) is 4.98 Å². The maximum atomic E-state index is 9.01. The SMILES string of the molecule is COc1cc(C)ccc1Oc1cc(C)nc(SCc2cccc(C#N)c2)n1. The lowest BCUT2D eigenvalue weighted by Gasteiger charge is -2.11. The van der Waals surface area contributed by atoms with Crippen LogP contribution in [0.2, 0.25) is 0 Å². The Bertz CT molecular complexity index is 999. The number of hydrogen-bond donors (Lipinski definition) is 0. The summed E-state index contributed by atoms with van der Waals surface area (Å²) in [4.78, 5) is 8.96. The molecular formula is C21H19N3O2S. The monoisotopic (exact) mass is 377 g/mol. The molecule has 27 heavy (non-hydrogen) atoms. The molecule has 0 N–H and O–H groups in total. The van der Waals surface area contributed by atoms with Crippen LogP contribution in [0.3, 0.4) is 0 Å². The molecule has 0 radical (unpaired) electrons. The predicted molar refractivity (Wildman–Crippen MR) is 105 cm³/mol. The molecule has 0 amide bonds. The van der Waals surface area contributed by atoms with Crippen LogP contribution >= 0.6 is 11.8 Å². The summed E-state index contributed by atoms with van der Waals surface area (Å²) in [5.74, 6) is 2.41. The van der Waals surface area contributed by atoms with Gasteiger partial charge in [-0.2, -0.15) is 10.2 Å². The van der Waals surface area contributed by atoms with E-state index in [4.69, 9.17) is 14.7 Å². The van der Waals surface area contributed by atoms with E-state index in [1.165, 1.54) is 11.8 Å². The Morgan fingerprint density at radius 3 is 2.67 bits per heavy atom. The van der Waals surface area contributed by atoms with Crippen molar-refractivity contribution in [1.29, 1.82) is 5.26 Å². The second kappa shape index (κ2) is 8.56. The Labute approximate surface area is 163 Å². The lowest BCUT2D eigenvalue weighted by Crippen LogP contribution is -1.97. The lowest BCUT2D eigenvalue weighted by atomic mass is 10.2. The van der Waals surface area contributed by atoms with Crippen molar-refractivity contribution in [1.82, 2.24) is 9.97 Å². The molecule has 0 saturated heterocycles. The average Bonchev–Trinajstić information content (AvgIpc) is 2.67. The van der Waals surface area contributed by atoms with Crippen LogP contribution in [0.1, 0.15) is 22.4 Å². The highest BCUT2D eigenvalue weighted by atomic mass is 32.2. The van der Waals surface area contributed by atoms with Gasteiger partial charge in [0.05, 0.1) is 18.7 Å². The highest BCUT2D eigenvalue weighted by Gasteiger charge is 2.10. The molecule has 1 aromatic heterocycles. The zero-order chi connectivity index (χ0) is 19.2. The molecule has 0 aliphatic heterocycles. The molecule has 0 aliphatic carbocycles. The summed E-state index contributed by atoms with van der Waals surface area (Å²) in [5, 5.41) is 9.64. The van der Waals surface area contributed by atoms with Crippen LogP contribution in [0.4, 0.5) is 0 Å². The number of nitriles is 1. The van der Waals surface area contributed by atoms with Crippen LogP contribution in [0.15, 0.2) is 53.7 Å². The minimum absolute atomic E-state index is 0.470. The second-order valence-electron chi connectivity index (χ2n) is 5.99. The summed E-state index contributed by atoms with van der Waals surface area (Å²) in [5.41, 5.74) is 3.61. The number of benzene rings is 2. The van der Waals surface area contributed by atoms with E-state index < -0.39 is 0 Å². The van der Waals surface area contributed by atoms with Gasteiger partial charge < -0.3 is 9.47 Å². The zero-order valence-corrected chi connectivity index (χ0v) is 16.2. The Balaban J connectivity index is 1.77. The Kier molecular flexibility index (Phi) is 5.94. The van der Waals surface area contributed by atoms with Gasteiger partial charge in [0, 0.05) is 17.5 Å². The average molecular weight is 377 g/mol. The summed E-state index contributed by atoms with van der Waals surface area (Å²) in [7, 11) is 1.61. The molecule has 2 aromatic carbocycles. The van der Waals surface area contributed by atoms with Gasteiger partial charge in [-0.3, -0.25) is 0 Å². The van der Waals surface area contributed by atoms with Gasteiger partial charge >= 0.3 is 0 Å². The van der Waals surface area contributed by atoms with Gasteiger partial charge in [0.2, 0.25) is 5.88 Å². The lowest BCUT2D eigenvalue weighted by molar-refractivity contribution is 0.372. The molecule has 0 unspecified atom stereocenters. The van der Waals surface area contributed by atoms with Crippen molar-refractivity contribution >= 4 is 11.8 Å². The fourth-order valence-corrected chi connectivity index (χ4v) is 3.32. The van der Waals surface area contributed by atoms with E-state index in [-0.39, 0.29) is 0 Å². The van der Waals surface area contributed by atoms with E-state index >= 15 is 0 Å². The van der Waals surface area contributed by atoms with Gasteiger partial charge in [0.1, 0.15) is 0 Å². The van der Waals surface area contributed by atoms with E-state index in [9.17, 15) is 0 Å². The molecule has 0 aliphatic rings. The number of thioether (sulfide) groups is 1. The van der Waals surface area contributed by atoms with Gasteiger partial charge in [0.25, 0.3) is 0 Å². The number of aryl methyl sites for hydroxylation is 2. The van der Waals surface area contributed by atoms with E-state index in [2.05, 4.69) is 16.0 Å². The molecule has 3 rings (SSSR count). The summed E-state index contributed by atoms with van der Waals surface area (Å²) in [6.45, 7) is 3.90. The number of hydrogen-bond acceptors (Lipinski definition) is 6. The number of aromatic nitrogens is 2. The Hall–Kier alpha value is -3.04. The topological polar surface area (TPSA) is 68.0 Å². The number of nitrogens with zero attached hydrogens (tertiary/aromatic N) is 3. The molecule has 1 heterocycles. The van der Waals surface area contributed by atoms with E-state index in [0.717, 1.165) is 16.8 Å². The predicted octanol–water partition coefficient (Wildman–Crippen LogP) is 5.06. The fraction of sp³-hybridized carbons (Fsp3) is 0.190. The van der Waals surface area contributed by atoms with Crippen molar-refractivity contribution in [3.63, 3.8) is 0 Å². The van der Waals surface area contributed by atoms with Crippen molar-refractivity contribution in [2.24, 2.45) is 0 Å². The molecule has 0 atom stereocenters. The molecule has 136 valence electrons. The van der Waals surface area contributed by atoms with E-state index in [0.29, 0.717) is 33.9 Å². The quantitative estimate of drug-likeness (QED) is 0.442. The van der Waals surface area contributed by atoms with Gasteiger partial charge in [-0.15, -0.1) is 0 Å². The van der Waals surface area contributed by atoms with Crippen LogP contribution in [-0.4, -0.2) is 17.1 Å². The van der Waals surface area contributed by atoms with Crippen molar-refractivity contribution in [3.8, 4) is 23.4 Å². The van der Waals surface area contributed by atoms with Gasteiger partial charge in [-0.05, 0) is 49.2 Å². The number of methoxy groups -OCH3 is 1. The second-order valence-corrected chi connectivity index (χ2v) is 6.93. The number of rotatable bonds is 6. The first-order valence-electron chi connectivity index (χ1n) is 8.37. The van der Waals surface area contributed by atoms with Gasteiger partial charge in [-0.1, -0.05) is 30.0 Å². The van der Waals surface area contributed by atoms with Crippen molar-refractivity contribution in [2.75, 3.05) is 7.11 Å². The first-order chi connectivity index (χ1) is 13.1. The highest BCUT2D eigenvalue weighted by Crippen LogP contribution is 2.32. The fourth-order valence-electron chi connectivity index (χ4n) is 2.48. The standard InChI is InChI=1S/C21H19N3O2S/c1-14-7-8-18(19(9-14)25-3)26-20-10-15(2)23-21(24-20)27-13-17-6-4-5-16(11-17)12-22/h4-11H,13H2,1-3H3. The van der Waals surface area contributed by atoms with Crippen molar-refractivity contribution in [3.05, 3.63) is 70.9 Å². The molecule has 6 heteroatoms. The third kappa shape index (κ3) is 4.99. The molecular weight excluding hydrogens is 358 g/mol. The minimum Gasteiger partial charge on any atom is -0.493 e. The van der Waals surface area contributed by atoms with E-state index in [1.807, 2.05) is 50.2 Å². The first kappa shape index (κ1) is 18.7. The number of ether oxygens (including phenoxy) is 2. The molecule has 3 aromatic rings. The molecule has 0 spiro atoms. The maximum Gasteiger partial charge on any atom is 0.223 e. The zero-order valence-electron chi connectivity index (χ0n) is 15.4. The molecule has 5 nitrogen and oxygen atoms in total. The largest absolute Gasteiger partial charge is 0.493 e. The van der Waals surface area contributed by atoms with Crippen molar-refractivity contribution in [2.45, 2.75) is 24.8 Å². The van der Waals surface area contributed by atoms with Gasteiger partial charge in [0.15, 0.2) is 16.7 Å². The van der Waals surface area contributed by atoms with Crippen LogP contribution in [0.5, 0.6) is 17.4 Å². The smallest absolute Gasteiger partial charge is 0.223 e. The molecule has 0 saturated carbocycles. The maximum absolute atomic E-state index is 9.01. The van der Waals surface area contributed by atoms with Crippen LogP contribution in [0.25, 0.3) is 0 Å². The minimum atomic E-state index is 0.470. The third-order valence-corrected chi connectivity index (χ3v) is 4.69. The summed E-state index contributed by atoms with van der Waals surface area (Å²) < 4.78 is 11.3. The van der Waals surface area contributed by atoms with Crippen LogP contribution in [-0.2, 0) is 5.75 Å².